The monoisotopic (exact) mass is 389 g/mol. The van der Waals surface area contributed by atoms with Crippen LogP contribution in [-0.4, -0.2) is 23.9 Å². The van der Waals surface area contributed by atoms with Crippen LogP contribution in [0.15, 0.2) is 23.2 Å². The number of hydrogen-bond acceptors (Lipinski definition) is 5. The summed E-state index contributed by atoms with van der Waals surface area (Å²) in [5, 5.41) is -0.105. The SMILES string of the molecule is O=C1OC2(CCCCC2)OC(=O)C1C=Nc1ccc(Cl)cc1C(F)(F)F. The Kier molecular flexibility index (Phi) is 4.96. The van der Waals surface area contributed by atoms with Gasteiger partial charge in [-0.15, -0.1) is 0 Å². The molecule has 1 aromatic carbocycles. The molecule has 0 N–H and O–H groups in total. The van der Waals surface area contributed by atoms with Gasteiger partial charge in [0.15, 0.2) is 5.92 Å². The van der Waals surface area contributed by atoms with Crippen molar-refractivity contribution in [3.8, 4) is 0 Å². The van der Waals surface area contributed by atoms with Gasteiger partial charge in [0, 0.05) is 24.1 Å². The first kappa shape index (κ1) is 18.7. The first-order chi connectivity index (χ1) is 12.2. The summed E-state index contributed by atoms with van der Waals surface area (Å²) >= 11 is 5.60. The number of halogens is 4. The van der Waals surface area contributed by atoms with Crippen molar-refractivity contribution in [3.05, 3.63) is 28.8 Å². The maximum atomic E-state index is 13.1. The smallest absolute Gasteiger partial charge is 0.418 e. The normalized spacial score (nSPS) is 21.1. The van der Waals surface area contributed by atoms with Crippen LogP contribution in [0.3, 0.4) is 0 Å². The molecule has 1 saturated carbocycles. The van der Waals surface area contributed by atoms with Crippen LogP contribution in [0.1, 0.15) is 37.7 Å². The van der Waals surface area contributed by atoms with Gasteiger partial charge >= 0.3 is 18.1 Å². The van der Waals surface area contributed by atoms with E-state index in [1.54, 1.807) is 0 Å². The lowest BCUT2D eigenvalue weighted by Gasteiger charge is -2.39. The minimum Gasteiger partial charge on any atom is -0.422 e. The van der Waals surface area contributed by atoms with Crippen LogP contribution in [-0.2, 0) is 25.2 Å². The molecule has 2 aliphatic rings. The largest absolute Gasteiger partial charge is 0.422 e. The molecular weight excluding hydrogens is 375 g/mol. The number of nitrogens with zero attached hydrogens (tertiary/aromatic N) is 1. The van der Waals surface area contributed by atoms with Gasteiger partial charge in [-0.05, 0) is 31.0 Å². The third-order valence-electron chi connectivity index (χ3n) is 4.32. The van der Waals surface area contributed by atoms with E-state index in [0.29, 0.717) is 12.8 Å². The number of esters is 2. The van der Waals surface area contributed by atoms with Crippen LogP contribution in [0.4, 0.5) is 18.9 Å². The van der Waals surface area contributed by atoms with Crippen molar-refractivity contribution in [3.63, 3.8) is 0 Å². The number of ether oxygens (including phenoxy) is 2. The minimum absolute atomic E-state index is 0.105. The molecule has 140 valence electrons. The Balaban J connectivity index is 1.81. The Labute approximate surface area is 152 Å². The van der Waals surface area contributed by atoms with Gasteiger partial charge in [0.05, 0.1) is 11.3 Å². The molecule has 3 rings (SSSR count). The molecule has 0 unspecified atom stereocenters. The van der Waals surface area contributed by atoms with Gasteiger partial charge in [-0.25, -0.2) is 0 Å². The summed E-state index contributed by atoms with van der Waals surface area (Å²) < 4.78 is 49.8. The van der Waals surface area contributed by atoms with E-state index in [0.717, 1.165) is 37.6 Å². The second-order valence-electron chi connectivity index (χ2n) is 6.23. The van der Waals surface area contributed by atoms with Gasteiger partial charge in [0.25, 0.3) is 5.79 Å². The zero-order chi connectivity index (χ0) is 18.9. The topological polar surface area (TPSA) is 65.0 Å². The van der Waals surface area contributed by atoms with Gasteiger partial charge in [-0.2, -0.15) is 13.2 Å². The quantitative estimate of drug-likeness (QED) is 0.426. The van der Waals surface area contributed by atoms with Crippen LogP contribution >= 0.6 is 11.6 Å². The van der Waals surface area contributed by atoms with Crippen molar-refractivity contribution in [2.24, 2.45) is 10.9 Å². The van der Waals surface area contributed by atoms with Gasteiger partial charge in [-0.1, -0.05) is 18.0 Å². The number of alkyl halides is 3. The zero-order valence-corrected chi connectivity index (χ0v) is 14.3. The Bertz CT molecular complexity index is 737. The minimum atomic E-state index is -4.68. The average Bonchev–Trinajstić information content (AvgIpc) is 2.55. The lowest BCUT2D eigenvalue weighted by Crippen LogP contribution is -2.51. The fourth-order valence-corrected chi connectivity index (χ4v) is 3.20. The van der Waals surface area contributed by atoms with Crippen LogP contribution in [0.2, 0.25) is 5.02 Å². The number of benzene rings is 1. The van der Waals surface area contributed by atoms with Crippen molar-refractivity contribution < 1.29 is 32.2 Å². The van der Waals surface area contributed by atoms with E-state index in [2.05, 4.69) is 4.99 Å². The Morgan fingerprint density at radius 2 is 1.73 bits per heavy atom. The molecule has 0 atom stereocenters. The highest BCUT2D eigenvalue weighted by molar-refractivity contribution is 6.30. The average molecular weight is 390 g/mol. The summed E-state index contributed by atoms with van der Waals surface area (Å²) in [5.74, 6) is -4.48. The Hall–Kier alpha value is -2.09. The first-order valence-electron chi connectivity index (χ1n) is 8.07. The fraction of sp³-hybridized carbons (Fsp3) is 0.471. The molecule has 2 fully saturated rings. The van der Waals surface area contributed by atoms with Crippen LogP contribution in [0.25, 0.3) is 0 Å². The Morgan fingerprint density at radius 3 is 2.31 bits per heavy atom. The van der Waals surface area contributed by atoms with Crippen LogP contribution in [0.5, 0.6) is 0 Å². The van der Waals surface area contributed by atoms with Gasteiger partial charge in [-0.3, -0.25) is 14.6 Å². The molecular formula is C17H15ClF3NO4. The van der Waals surface area contributed by atoms with E-state index < -0.39 is 41.1 Å². The summed E-state index contributed by atoms with van der Waals surface area (Å²) in [6.07, 6.45) is -0.541. The first-order valence-corrected chi connectivity index (χ1v) is 8.45. The van der Waals surface area contributed by atoms with Crippen molar-refractivity contribution >= 4 is 35.4 Å². The van der Waals surface area contributed by atoms with Gasteiger partial charge in [0.1, 0.15) is 0 Å². The zero-order valence-electron chi connectivity index (χ0n) is 13.5. The van der Waals surface area contributed by atoms with E-state index >= 15 is 0 Å². The molecule has 5 nitrogen and oxygen atoms in total. The molecule has 1 aliphatic carbocycles. The molecule has 1 spiro atoms. The molecule has 0 radical (unpaired) electrons. The summed E-state index contributed by atoms with van der Waals surface area (Å²) in [6, 6.07) is 3.02. The summed E-state index contributed by atoms with van der Waals surface area (Å²) in [7, 11) is 0. The fourth-order valence-electron chi connectivity index (χ4n) is 3.03. The number of rotatable bonds is 2. The van der Waals surface area contributed by atoms with Crippen LogP contribution in [0, 0.1) is 5.92 Å². The molecule has 1 heterocycles. The van der Waals surface area contributed by atoms with Crippen molar-refractivity contribution in [2.45, 2.75) is 44.1 Å². The molecule has 1 aromatic rings. The highest BCUT2D eigenvalue weighted by Gasteiger charge is 2.48. The van der Waals surface area contributed by atoms with Gasteiger partial charge < -0.3 is 9.47 Å². The number of aliphatic imine (C=N–C) groups is 1. The Morgan fingerprint density at radius 1 is 1.12 bits per heavy atom. The maximum absolute atomic E-state index is 13.1. The van der Waals surface area contributed by atoms with E-state index in [-0.39, 0.29) is 5.02 Å². The number of carbonyl (C=O) groups is 2. The van der Waals surface area contributed by atoms with E-state index in [9.17, 15) is 22.8 Å². The lowest BCUT2D eigenvalue weighted by molar-refractivity contribution is -0.256. The molecule has 26 heavy (non-hydrogen) atoms. The maximum Gasteiger partial charge on any atom is 0.418 e. The molecule has 0 aromatic heterocycles. The van der Waals surface area contributed by atoms with Crippen molar-refractivity contribution in [1.29, 1.82) is 0 Å². The summed E-state index contributed by atoms with van der Waals surface area (Å²) in [5.41, 5.74) is -1.53. The number of hydrogen-bond donors (Lipinski definition) is 0. The molecule has 9 heteroatoms. The number of carbonyl (C=O) groups excluding carboxylic acids is 2. The molecule has 1 saturated heterocycles. The van der Waals surface area contributed by atoms with E-state index in [1.807, 2.05) is 0 Å². The van der Waals surface area contributed by atoms with E-state index in [4.69, 9.17) is 21.1 Å². The second-order valence-corrected chi connectivity index (χ2v) is 6.67. The standard InChI is InChI=1S/C17H15ClF3NO4/c18-10-4-5-13(12(8-10)17(19,20)21)22-9-11-14(23)25-16(26-15(11)24)6-2-1-3-7-16/h4-5,8-9,11H,1-3,6-7H2. The molecule has 0 amide bonds. The lowest BCUT2D eigenvalue weighted by atomic mass is 9.92. The summed E-state index contributed by atoms with van der Waals surface area (Å²) in [6.45, 7) is 0. The van der Waals surface area contributed by atoms with Crippen LogP contribution < -0.4 is 0 Å². The third-order valence-corrected chi connectivity index (χ3v) is 4.56. The molecule has 0 bridgehead atoms. The predicted molar refractivity (Wildman–Crippen MR) is 86.1 cm³/mol. The summed E-state index contributed by atoms with van der Waals surface area (Å²) in [4.78, 5) is 28.0. The van der Waals surface area contributed by atoms with E-state index in [1.165, 1.54) is 6.07 Å². The molecule has 1 aliphatic heterocycles. The highest BCUT2D eigenvalue weighted by Crippen LogP contribution is 2.39. The predicted octanol–water partition coefficient (Wildman–Crippen LogP) is 4.44. The van der Waals surface area contributed by atoms with Crippen molar-refractivity contribution in [2.75, 3.05) is 0 Å². The highest BCUT2D eigenvalue weighted by atomic mass is 35.5. The second kappa shape index (κ2) is 6.90. The third kappa shape index (κ3) is 3.85. The van der Waals surface area contributed by atoms with Gasteiger partial charge in [0.2, 0.25) is 0 Å². The van der Waals surface area contributed by atoms with Crippen molar-refractivity contribution in [1.82, 2.24) is 0 Å².